The van der Waals surface area contributed by atoms with Gasteiger partial charge in [-0.3, -0.25) is 9.59 Å². The Bertz CT molecular complexity index is 668. The van der Waals surface area contributed by atoms with Crippen LogP contribution in [0.4, 0.5) is 11.4 Å². The van der Waals surface area contributed by atoms with Crippen molar-refractivity contribution < 1.29 is 18.7 Å². The molecule has 0 aliphatic carbocycles. The first-order valence-corrected chi connectivity index (χ1v) is 7.07. The molecule has 0 saturated heterocycles. The van der Waals surface area contributed by atoms with Gasteiger partial charge in [0.1, 0.15) is 11.5 Å². The maximum atomic E-state index is 11.8. The first kappa shape index (κ1) is 16.4. The molecule has 7 nitrogen and oxygen atoms in total. The van der Waals surface area contributed by atoms with Crippen molar-refractivity contribution in [3.63, 3.8) is 0 Å². The number of rotatable bonds is 7. The van der Waals surface area contributed by atoms with Crippen LogP contribution in [0.25, 0.3) is 0 Å². The van der Waals surface area contributed by atoms with Gasteiger partial charge in [0.05, 0.1) is 32.1 Å². The molecule has 2 aromatic rings. The number of benzene rings is 1. The number of amides is 2. The van der Waals surface area contributed by atoms with Crippen LogP contribution in [0.2, 0.25) is 0 Å². The standard InChI is InChI=1S/C16H19N3O4/c1-11(20)19-12-5-6-15(22-2)14(8-12)17-10-16(21)18-9-13-4-3-7-23-13/h3-8,17H,9-10H2,1-2H3,(H,18,21)(H,19,20). The zero-order valence-corrected chi connectivity index (χ0v) is 13.0. The number of anilines is 2. The molecule has 3 N–H and O–H groups in total. The molecule has 7 heteroatoms. The van der Waals surface area contributed by atoms with Gasteiger partial charge in [0.25, 0.3) is 0 Å². The van der Waals surface area contributed by atoms with Crippen molar-refractivity contribution in [1.29, 1.82) is 0 Å². The number of methoxy groups -OCH3 is 1. The molecule has 23 heavy (non-hydrogen) atoms. The van der Waals surface area contributed by atoms with Crippen molar-refractivity contribution in [3.8, 4) is 5.75 Å². The van der Waals surface area contributed by atoms with Gasteiger partial charge >= 0.3 is 0 Å². The zero-order chi connectivity index (χ0) is 16.7. The van der Waals surface area contributed by atoms with Crippen LogP contribution in [0.3, 0.4) is 0 Å². The van der Waals surface area contributed by atoms with Crippen LogP contribution in [-0.4, -0.2) is 25.5 Å². The van der Waals surface area contributed by atoms with Crippen LogP contribution in [0, 0.1) is 0 Å². The van der Waals surface area contributed by atoms with E-state index in [4.69, 9.17) is 9.15 Å². The Hall–Kier alpha value is -2.96. The summed E-state index contributed by atoms with van der Waals surface area (Å²) >= 11 is 0. The minimum absolute atomic E-state index is 0.0700. The summed E-state index contributed by atoms with van der Waals surface area (Å²) in [5.41, 5.74) is 1.24. The Kier molecular flexibility index (Phi) is 5.62. The van der Waals surface area contributed by atoms with E-state index in [9.17, 15) is 9.59 Å². The smallest absolute Gasteiger partial charge is 0.239 e. The second kappa shape index (κ2) is 7.88. The minimum Gasteiger partial charge on any atom is -0.495 e. The van der Waals surface area contributed by atoms with Crippen molar-refractivity contribution in [2.75, 3.05) is 24.3 Å². The summed E-state index contributed by atoms with van der Waals surface area (Å²) in [6.07, 6.45) is 1.55. The van der Waals surface area contributed by atoms with Crippen LogP contribution in [0.15, 0.2) is 41.0 Å². The van der Waals surface area contributed by atoms with Crippen LogP contribution in [0.1, 0.15) is 12.7 Å². The molecule has 122 valence electrons. The fourth-order valence-electron chi connectivity index (χ4n) is 1.96. The summed E-state index contributed by atoms with van der Waals surface area (Å²) in [6.45, 7) is 1.83. The lowest BCUT2D eigenvalue weighted by Gasteiger charge is -2.13. The molecule has 0 radical (unpaired) electrons. The summed E-state index contributed by atoms with van der Waals surface area (Å²) in [7, 11) is 1.54. The van der Waals surface area contributed by atoms with E-state index in [0.717, 1.165) is 0 Å². The molecule has 0 aliphatic heterocycles. The molecular formula is C16H19N3O4. The molecule has 0 saturated carbocycles. The molecule has 1 heterocycles. The first-order valence-electron chi connectivity index (χ1n) is 7.07. The van der Waals surface area contributed by atoms with Gasteiger partial charge in [0.15, 0.2) is 0 Å². The average molecular weight is 317 g/mol. The highest BCUT2D eigenvalue weighted by atomic mass is 16.5. The predicted molar refractivity (Wildman–Crippen MR) is 86.3 cm³/mol. The van der Waals surface area contributed by atoms with E-state index in [-0.39, 0.29) is 18.4 Å². The molecule has 0 unspecified atom stereocenters. The van der Waals surface area contributed by atoms with Gasteiger partial charge in [-0.05, 0) is 30.3 Å². The van der Waals surface area contributed by atoms with Gasteiger partial charge in [-0.1, -0.05) is 0 Å². The molecule has 0 fully saturated rings. The Morgan fingerprint density at radius 3 is 2.74 bits per heavy atom. The third-order valence-corrected chi connectivity index (χ3v) is 3.00. The number of hydrogen-bond acceptors (Lipinski definition) is 5. The Morgan fingerprint density at radius 2 is 2.09 bits per heavy atom. The minimum atomic E-state index is -0.187. The topological polar surface area (TPSA) is 92.6 Å². The van der Waals surface area contributed by atoms with Crippen LogP contribution in [-0.2, 0) is 16.1 Å². The second-order valence-electron chi connectivity index (χ2n) is 4.81. The summed E-state index contributed by atoms with van der Waals surface area (Å²) < 4.78 is 10.4. The van der Waals surface area contributed by atoms with Gasteiger partial charge in [-0.2, -0.15) is 0 Å². The van der Waals surface area contributed by atoms with E-state index >= 15 is 0 Å². The maximum absolute atomic E-state index is 11.8. The fourth-order valence-corrected chi connectivity index (χ4v) is 1.96. The Morgan fingerprint density at radius 1 is 1.26 bits per heavy atom. The van der Waals surface area contributed by atoms with E-state index in [2.05, 4.69) is 16.0 Å². The number of carbonyl (C=O) groups is 2. The highest BCUT2D eigenvalue weighted by molar-refractivity contribution is 5.90. The largest absolute Gasteiger partial charge is 0.495 e. The van der Waals surface area contributed by atoms with Gasteiger partial charge in [-0.25, -0.2) is 0 Å². The molecular weight excluding hydrogens is 298 g/mol. The van der Waals surface area contributed by atoms with Crippen molar-refractivity contribution in [3.05, 3.63) is 42.4 Å². The van der Waals surface area contributed by atoms with Crippen molar-refractivity contribution in [1.82, 2.24) is 5.32 Å². The summed E-state index contributed by atoms with van der Waals surface area (Å²) in [6, 6.07) is 8.70. The Labute approximate surface area is 134 Å². The second-order valence-corrected chi connectivity index (χ2v) is 4.81. The highest BCUT2D eigenvalue weighted by Crippen LogP contribution is 2.27. The monoisotopic (exact) mass is 317 g/mol. The average Bonchev–Trinajstić information content (AvgIpc) is 3.04. The summed E-state index contributed by atoms with van der Waals surface area (Å²) in [4.78, 5) is 23.0. The van der Waals surface area contributed by atoms with E-state index in [1.165, 1.54) is 14.0 Å². The number of nitrogens with one attached hydrogen (secondary N) is 3. The van der Waals surface area contributed by atoms with Crippen LogP contribution >= 0.6 is 0 Å². The quantitative estimate of drug-likeness (QED) is 0.726. The molecule has 1 aromatic heterocycles. The molecule has 2 rings (SSSR count). The van der Waals surface area contributed by atoms with Crippen molar-refractivity contribution in [2.24, 2.45) is 0 Å². The summed E-state index contributed by atoms with van der Waals surface area (Å²) in [5.74, 6) is 0.909. The van der Waals surface area contributed by atoms with Crippen LogP contribution in [0.5, 0.6) is 5.75 Å². The SMILES string of the molecule is COc1ccc(NC(C)=O)cc1NCC(=O)NCc1ccco1. The zero-order valence-electron chi connectivity index (χ0n) is 13.0. The predicted octanol–water partition coefficient (Wildman–Crippen LogP) is 1.97. The van der Waals surface area contributed by atoms with E-state index in [1.807, 2.05) is 0 Å². The third kappa shape index (κ3) is 5.06. The number of ether oxygens (including phenoxy) is 1. The molecule has 0 spiro atoms. The fraction of sp³-hybridized carbons (Fsp3) is 0.250. The molecule has 2 amide bonds. The van der Waals surface area contributed by atoms with E-state index in [0.29, 0.717) is 29.4 Å². The number of hydrogen-bond donors (Lipinski definition) is 3. The summed E-state index contributed by atoms with van der Waals surface area (Å²) in [5, 5.41) is 8.40. The number of furan rings is 1. The Balaban J connectivity index is 1.92. The van der Waals surface area contributed by atoms with E-state index in [1.54, 1.807) is 36.6 Å². The lowest BCUT2D eigenvalue weighted by atomic mass is 10.2. The van der Waals surface area contributed by atoms with E-state index < -0.39 is 0 Å². The molecule has 1 aromatic carbocycles. The van der Waals surface area contributed by atoms with Gasteiger partial charge < -0.3 is 25.1 Å². The van der Waals surface area contributed by atoms with Gasteiger partial charge in [0, 0.05) is 12.6 Å². The van der Waals surface area contributed by atoms with Gasteiger partial charge in [-0.15, -0.1) is 0 Å². The lowest BCUT2D eigenvalue weighted by Crippen LogP contribution is -2.29. The normalized spacial score (nSPS) is 10.0. The first-order chi connectivity index (χ1) is 11.1. The number of carbonyl (C=O) groups excluding carboxylic acids is 2. The van der Waals surface area contributed by atoms with Crippen molar-refractivity contribution >= 4 is 23.2 Å². The molecule has 0 aliphatic rings. The maximum Gasteiger partial charge on any atom is 0.239 e. The lowest BCUT2D eigenvalue weighted by molar-refractivity contribution is -0.119. The molecule has 0 atom stereocenters. The van der Waals surface area contributed by atoms with Gasteiger partial charge in [0.2, 0.25) is 11.8 Å². The highest BCUT2D eigenvalue weighted by Gasteiger charge is 2.08. The van der Waals surface area contributed by atoms with Crippen molar-refractivity contribution in [2.45, 2.75) is 13.5 Å². The van der Waals surface area contributed by atoms with Crippen LogP contribution < -0.4 is 20.7 Å². The molecule has 0 bridgehead atoms. The third-order valence-electron chi connectivity index (χ3n) is 3.00.